The van der Waals surface area contributed by atoms with E-state index in [2.05, 4.69) is 35.7 Å². The number of aryl methyl sites for hydroxylation is 1. The maximum absolute atomic E-state index is 11.8. The number of oxazole rings is 1. The number of carbonyl (C=O) groups excluding carboxylic acids is 1. The van der Waals surface area contributed by atoms with E-state index in [1.807, 2.05) is 0 Å². The molecule has 1 aliphatic carbocycles. The number of aromatic nitrogens is 3. The molecule has 2 heterocycles. The molecule has 0 aliphatic heterocycles. The second-order valence-electron chi connectivity index (χ2n) is 6.45. The molecule has 6 heteroatoms. The van der Waals surface area contributed by atoms with Gasteiger partial charge in [0.15, 0.2) is 10.9 Å². The van der Waals surface area contributed by atoms with Gasteiger partial charge < -0.3 is 4.42 Å². The van der Waals surface area contributed by atoms with Crippen molar-refractivity contribution < 1.29 is 9.21 Å². The third-order valence-corrected chi connectivity index (χ3v) is 4.43. The van der Waals surface area contributed by atoms with Gasteiger partial charge in [-0.15, -0.1) is 0 Å². The van der Waals surface area contributed by atoms with Crippen LogP contribution in [0.3, 0.4) is 0 Å². The number of Topliss-reactive ketones (excluding diaryl/α,β-unsaturated/α-hetero) is 1. The van der Waals surface area contributed by atoms with Crippen LogP contribution in [0.25, 0.3) is 0 Å². The van der Waals surface area contributed by atoms with Crippen LogP contribution in [0.15, 0.2) is 22.0 Å². The molecule has 22 heavy (non-hydrogen) atoms. The van der Waals surface area contributed by atoms with Gasteiger partial charge in [0.25, 0.3) is 0 Å². The van der Waals surface area contributed by atoms with E-state index in [1.54, 1.807) is 12.4 Å². The molecular weight excluding hydrogens is 298 g/mol. The first-order valence-corrected chi connectivity index (χ1v) is 8.39. The molecule has 0 fully saturated rings. The Morgan fingerprint density at radius 1 is 1.23 bits per heavy atom. The molecule has 3 rings (SSSR count). The van der Waals surface area contributed by atoms with Crippen LogP contribution in [0.5, 0.6) is 0 Å². The molecule has 0 atom stereocenters. The van der Waals surface area contributed by atoms with E-state index < -0.39 is 0 Å². The fourth-order valence-electron chi connectivity index (χ4n) is 2.29. The topological polar surface area (TPSA) is 68.9 Å². The summed E-state index contributed by atoms with van der Waals surface area (Å²) < 4.78 is 5.76. The molecule has 5 nitrogen and oxygen atoms in total. The Morgan fingerprint density at radius 2 is 2.05 bits per heavy atom. The second kappa shape index (κ2) is 5.83. The Hall–Kier alpha value is -1.69. The van der Waals surface area contributed by atoms with Gasteiger partial charge in [-0.25, -0.2) is 15.0 Å². The van der Waals surface area contributed by atoms with Crippen LogP contribution in [0, 0.1) is 0 Å². The quantitative estimate of drug-likeness (QED) is 0.636. The fourth-order valence-corrected chi connectivity index (χ4v) is 2.98. The first-order valence-electron chi connectivity index (χ1n) is 7.40. The monoisotopic (exact) mass is 317 g/mol. The number of hydrogen-bond acceptors (Lipinski definition) is 6. The molecule has 0 aromatic carbocycles. The third kappa shape index (κ3) is 3.21. The minimum atomic E-state index is -0.0431. The van der Waals surface area contributed by atoms with Crippen molar-refractivity contribution in [3.63, 3.8) is 0 Å². The van der Waals surface area contributed by atoms with Gasteiger partial charge in [0.05, 0.1) is 23.2 Å². The molecule has 0 spiro atoms. The predicted octanol–water partition coefficient (Wildman–Crippen LogP) is 3.57. The van der Waals surface area contributed by atoms with E-state index >= 15 is 0 Å². The smallest absolute Gasteiger partial charge is 0.204 e. The summed E-state index contributed by atoms with van der Waals surface area (Å²) in [5.41, 5.74) is 1.51. The lowest BCUT2D eigenvalue weighted by molar-refractivity contribution is 0.0970. The van der Waals surface area contributed by atoms with Crippen molar-refractivity contribution in [2.45, 2.75) is 56.4 Å². The Bertz CT molecular complexity index is 704. The van der Waals surface area contributed by atoms with Gasteiger partial charge in [0.1, 0.15) is 5.76 Å². The summed E-state index contributed by atoms with van der Waals surface area (Å²) in [6.07, 6.45) is 5.77. The Labute approximate surface area is 134 Å². The molecule has 2 aromatic rings. The molecular formula is C16H19N3O2S. The number of nitrogens with zero attached hydrogens (tertiary/aromatic N) is 3. The predicted molar refractivity (Wildman–Crippen MR) is 84.1 cm³/mol. The van der Waals surface area contributed by atoms with Crippen LogP contribution >= 0.6 is 11.8 Å². The molecule has 0 unspecified atom stereocenters. The average molecular weight is 317 g/mol. The van der Waals surface area contributed by atoms with Gasteiger partial charge in [0, 0.05) is 18.0 Å². The molecule has 0 N–H and O–H groups in total. The molecule has 0 saturated carbocycles. The Kier molecular flexibility index (Phi) is 4.04. The summed E-state index contributed by atoms with van der Waals surface area (Å²) in [4.78, 5) is 24.8. The van der Waals surface area contributed by atoms with Crippen LogP contribution in [-0.2, 0) is 17.6 Å². The van der Waals surface area contributed by atoms with Crippen molar-refractivity contribution in [1.82, 2.24) is 15.0 Å². The van der Waals surface area contributed by atoms with Crippen LogP contribution in [0.1, 0.15) is 61.3 Å². The summed E-state index contributed by atoms with van der Waals surface area (Å²) in [5.74, 6) is 2.29. The van der Waals surface area contributed by atoms with Gasteiger partial charge in [-0.3, -0.25) is 4.79 Å². The second-order valence-corrected chi connectivity index (χ2v) is 7.39. The highest BCUT2D eigenvalue weighted by atomic mass is 32.2. The SMILES string of the molecule is CC(C)(C)c1cnc(CSc2ncc3c(n2)CCCC3=O)o1. The van der Waals surface area contributed by atoms with Gasteiger partial charge in [-0.1, -0.05) is 32.5 Å². The van der Waals surface area contributed by atoms with Gasteiger partial charge in [-0.05, 0) is 12.8 Å². The highest BCUT2D eigenvalue weighted by Gasteiger charge is 2.21. The average Bonchev–Trinajstić information content (AvgIpc) is 2.94. The zero-order chi connectivity index (χ0) is 15.7. The number of carbonyl (C=O) groups is 1. The third-order valence-electron chi connectivity index (χ3n) is 3.58. The van der Waals surface area contributed by atoms with Crippen molar-refractivity contribution in [2.75, 3.05) is 0 Å². The van der Waals surface area contributed by atoms with Crippen molar-refractivity contribution >= 4 is 17.5 Å². The number of fused-ring (bicyclic) bond motifs is 1. The number of hydrogen-bond donors (Lipinski definition) is 0. The van der Waals surface area contributed by atoms with Crippen LogP contribution in [-0.4, -0.2) is 20.7 Å². The van der Waals surface area contributed by atoms with E-state index in [1.165, 1.54) is 11.8 Å². The van der Waals surface area contributed by atoms with Crippen molar-refractivity contribution in [1.29, 1.82) is 0 Å². The van der Waals surface area contributed by atoms with E-state index in [9.17, 15) is 4.79 Å². The van der Waals surface area contributed by atoms with E-state index in [0.29, 0.717) is 28.8 Å². The van der Waals surface area contributed by atoms with E-state index in [0.717, 1.165) is 24.3 Å². The summed E-state index contributed by atoms with van der Waals surface area (Å²) in [7, 11) is 0. The van der Waals surface area contributed by atoms with Crippen molar-refractivity contribution in [3.05, 3.63) is 35.3 Å². The van der Waals surface area contributed by atoms with Crippen LogP contribution < -0.4 is 0 Å². The zero-order valence-corrected chi connectivity index (χ0v) is 13.9. The van der Waals surface area contributed by atoms with E-state index in [-0.39, 0.29) is 11.2 Å². The van der Waals surface area contributed by atoms with Gasteiger partial charge in [0.2, 0.25) is 5.89 Å². The minimum Gasteiger partial charge on any atom is -0.444 e. The first-order chi connectivity index (χ1) is 10.4. The molecule has 0 saturated heterocycles. The summed E-state index contributed by atoms with van der Waals surface area (Å²) in [5, 5.41) is 0.670. The summed E-state index contributed by atoms with van der Waals surface area (Å²) in [6, 6.07) is 0. The lowest BCUT2D eigenvalue weighted by Crippen LogP contribution is -2.13. The van der Waals surface area contributed by atoms with Crippen molar-refractivity contribution in [3.8, 4) is 0 Å². The molecule has 0 radical (unpaired) electrons. The highest BCUT2D eigenvalue weighted by Crippen LogP contribution is 2.27. The minimum absolute atomic E-state index is 0.0431. The van der Waals surface area contributed by atoms with Gasteiger partial charge >= 0.3 is 0 Å². The molecule has 2 aromatic heterocycles. The first kappa shape index (κ1) is 15.2. The number of ketones is 1. The molecule has 0 amide bonds. The molecule has 1 aliphatic rings. The fraction of sp³-hybridized carbons (Fsp3) is 0.500. The summed E-state index contributed by atoms with van der Waals surface area (Å²) >= 11 is 1.48. The normalized spacial score (nSPS) is 15.0. The summed E-state index contributed by atoms with van der Waals surface area (Å²) in [6.45, 7) is 6.27. The van der Waals surface area contributed by atoms with Crippen LogP contribution in [0.2, 0.25) is 0 Å². The Morgan fingerprint density at radius 3 is 2.77 bits per heavy atom. The van der Waals surface area contributed by atoms with Gasteiger partial charge in [-0.2, -0.15) is 0 Å². The zero-order valence-electron chi connectivity index (χ0n) is 13.0. The lowest BCUT2D eigenvalue weighted by Gasteiger charge is -2.13. The highest BCUT2D eigenvalue weighted by molar-refractivity contribution is 7.98. The maximum atomic E-state index is 11.8. The molecule has 0 bridgehead atoms. The number of rotatable bonds is 3. The standard InChI is InChI=1S/C16H19N3O2S/c1-16(2,3)13-8-17-14(21-13)9-22-15-18-7-10-11(19-15)5-4-6-12(10)20/h7-8H,4-6,9H2,1-3H3. The van der Waals surface area contributed by atoms with Crippen LogP contribution in [0.4, 0.5) is 0 Å². The Balaban J connectivity index is 1.69. The van der Waals surface area contributed by atoms with Crippen molar-refractivity contribution in [2.24, 2.45) is 0 Å². The number of thioether (sulfide) groups is 1. The molecule has 116 valence electrons. The maximum Gasteiger partial charge on any atom is 0.204 e. The largest absolute Gasteiger partial charge is 0.444 e. The lowest BCUT2D eigenvalue weighted by atomic mass is 9.94. The van der Waals surface area contributed by atoms with E-state index in [4.69, 9.17) is 4.42 Å².